The van der Waals surface area contributed by atoms with Gasteiger partial charge in [-0.25, -0.2) is 0 Å². The van der Waals surface area contributed by atoms with Gasteiger partial charge in [-0.3, -0.25) is 0 Å². The standard InChI is InChI=1S/C9H18O/c1-5-10-8-6-7-9(2,3)4/h6-7H,5,8H2,1-4H3/b7-6+. The Bertz CT molecular complexity index is 97.8. The van der Waals surface area contributed by atoms with Crippen LogP contribution >= 0.6 is 0 Å². The van der Waals surface area contributed by atoms with Gasteiger partial charge in [-0.1, -0.05) is 32.9 Å². The summed E-state index contributed by atoms with van der Waals surface area (Å²) in [7, 11) is 0. The molecule has 0 heterocycles. The molecule has 0 aliphatic carbocycles. The van der Waals surface area contributed by atoms with Crippen LogP contribution in [-0.4, -0.2) is 13.2 Å². The summed E-state index contributed by atoms with van der Waals surface area (Å²) < 4.78 is 5.14. The third-order valence-corrected chi connectivity index (χ3v) is 1.04. The van der Waals surface area contributed by atoms with Gasteiger partial charge in [-0.2, -0.15) is 0 Å². The summed E-state index contributed by atoms with van der Waals surface area (Å²) in [5.74, 6) is 0. The number of allylic oxidation sites excluding steroid dienone is 1. The lowest BCUT2D eigenvalue weighted by Crippen LogP contribution is -1.99. The van der Waals surface area contributed by atoms with E-state index in [2.05, 4.69) is 32.9 Å². The Morgan fingerprint density at radius 3 is 2.30 bits per heavy atom. The number of hydrogen-bond donors (Lipinski definition) is 0. The third-order valence-electron chi connectivity index (χ3n) is 1.04. The lowest BCUT2D eigenvalue weighted by atomic mass is 9.96. The van der Waals surface area contributed by atoms with Crippen LogP contribution in [0, 0.1) is 5.41 Å². The van der Waals surface area contributed by atoms with Crippen molar-refractivity contribution in [1.82, 2.24) is 0 Å². The first-order valence-corrected chi connectivity index (χ1v) is 3.81. The second kappa shape index (κ2) is 4.51. The Labute approximate surface area is 64.1 Å². The zero-order chi connectivity index (χ0) is 8.04. The Morgan fingerprint density at radius 2 is 1.90 bits per heavy atom. The highest BCUT2D eigenvalue weighted by molar-refractivity contribution is 4.91. The maximum atomic E-state index is 5.14. The largest absolute Gasteiger partial charge is 0.378 e. The molecule has 0 amide bonds. The van der Waals surface area contributed by atoms with Gasteiger partial charge in [0, 0.05) is 6.61 Å². The second-order valence-corrected chi connectivity index (χ2v) is 3.43. The molecule has 0 aliphatic heterocycles. The number of ether oxygens (including phenoxy) is 1. The van der Waals surface area contributed by atoms with Crippen molar-refractivity contribution in [3.8, 4) is 0 Å². The van der Waals surface area contributed by atoms with Crippen LogP contribution in [0.5, 0.6) is 0 Å². The first-order valence-electron chi connectivity index (χ1n) is 3.81. The maximum absolute atomic E-state index is 5.14. The molecule has 0 radical (unpaired) electrons. The Balaban J connectivity index is 3.37. The number of rotatable bonds is 3. The Hall–Kier alpha value is -0.300. The monoisotopic (exact) mass is 142 g/mol. The van der Waals surface area contributed by atoms with E-state index in [1.807, 2.05) is 6.92 Å². The summed E-state index contributed by atoms with van der Waals surface area (Å²) in [6.07, 6.45) is 4.24. The van der Waals surface area contributed by atoms with Crippen molar-refractivity contribution in [1.29, 1.82) is 0 Å². The van der Waals surface area contributed by atoms with Crippen molar-refractivity contribution in [3.63, 3.8) is 0 Å². The lowest BCUT2D eigenvalue weighted by Gasteiger charge is -2.10. The summed E-state index contributed by atoms with van der Waals surface area (Å²) in [5.41, 5.74) is 0.289. The van der Waals surface area contributed by atoms with Crippen LogP contribution in [0.1, 0.15) is 27.7 Å². The van der Waals surface area contributed by atoms with Gasteiger partial charge in [-0.05, 0) is 12.3 Å². The highest BCUT2D eigenvalue weighted by Crippen LogP contribution is 2.13. The normalized spacial score (nSPS) is 12.8. The van der Waals surface area contributed by atoms with E-state index in [1.165, 1.54) is 0 Å². The molecule has 1 heteroatoms. The summed E-state index contributed by atoms with van der Waals surface area (Å²) in [4.78, 5) is 0. The molecule has 60 valence electrons. The molecule has 0 spiro atoms. The molecule has 0 saturated heterocycles. The van der Waals surface area contributed by atoms with Crippen molar-refractivity contribution >= 4 is 0 Å². The first kappa shape index (κ1) is 9.70. The smallest absolute Gasteiger partial charge is 0.0647 e. The SMILES string of the molecule is CCOC/C=C/C(C)(C)C. The predicted molar refractivity (Wildman–Crippen MR) is 45.1 cm³/mol. The van der Waals surface area contributed by atoms with Gasteiger partial charge in [-0.15, -0.1) is 0 Å². The molecule has 0 atom stereocenters. The van der Waals surface area contributed by atoms with Crippen LogP contribution in [-0.2, 0) is 4.74 Å². The minimum absolute atomic E-state index is 0.289. The molecule has 0 aliphatic rings. The topological polar surface area (TPSA) is 9.23 Å². The molecular weight excluding hydrogens is 124 g/mol. The zero-order valence-corrected chi connectivity index (χ0v) is 7.48. The molecular formula is C9H18O. The molecule has 10 heavy (non-hydrogen) atoms. The number of hydrogen-bond acceptors (Lipinski definition) is 1. The Kier molecular flexibility index (Phi) is 4.37. The van der Waals surface area contributed by atoms with E-state index in [9.17, 15) is 0 Å². The van der Waals surface area contributed by atoms with Crippen LogP contribution in [0.15, 0.2) is 12.2 Å². The summed E-state index contributed by atoms with van der Waals surface area (Å²) >= 11 is 0. The van der Waals surface area contributed by atoms with Gasteiger partial charge in [0.1, 0.15) is 0 Å². The molecule has 0 aromatic carbocycles. The van der Waals surface area contributed by atoms with E-state index in [-0.39, 0.29) is 5.41 Å². The van der Waals surface area contributed by atoms with Gasteiger partial charge in [0.05, 0.1) is 6.61 Å². The quantitative estimate of drug-likeness (QED) is 0.435. The van der Waals surface area contributed by atoms with Crippen molar-refractivity contribution in [3.05, 3.63) is 12.2 Å². The molecule has 0 fully saturated rings. The predicted octanol–water partition coefficient (Wildman–Crippen LogP) is 2.63. The maximum Gasteiger partial charge on any atom is 0.0647 e. The molecule has 0 unspecified atom stereocenters. The van der Waals surface area contributed by atoms with Gasteiger partial charge in [0.15, 0.2) is 0 Å². The van der Waals surface area contributed by atoms with Crippen molar-refractivity contribution in [2.45, 2.75) is 27.7 Å². The van der Waals surface area contributed by atoms with Gasteiger partial charge >= 0.3 is 0 Å². The highest BCUT2D eigenvalue weighted by atomic mass is 16.5. The van der Waals surface area contributed by atoms with E-state index in [1.54, 1.807) is 0 Å². The van der Waals surface area contributed by atoms with Crippen LogP contribution < -0.4 is 0 Å². The highest BCUT2D eigenvalue weighted by Gasteiger charge is 2.02. The average molecular weight is 142 g/mol. The average Bonchev–Trinajstić information content (AvgIpc) is 1.78. The molecule has 0 saturated carbocycles. The summed E-state index contributed by atoms with van der Waals surface area (Å²) in [6.45, 7) is 10.1. The molecule has 1 nitrogen and oxygen atoms in total. The Morgan fingerprint density at radius 1 is 1.30 bits per heavy atom. The van der Waals surface area contributed by atoms with Gasteiger partial charge < -0.3 is 4.74 Å². The van der Waals surface area contributed by atoms with E-state index in [0.29, 0.717) is 0 Å². The molecule has 0 N–H and O–H groups in total. The van der Waals surface area contributed by atoms with Crippen molar-refractivity contribution in [2.24, 2.45) is 5.41 Å². The fraction of sp³-hybridized carbons (Fsp3) is 0.778. The minimum atomic E-state index is 0.289. The van der Waals surface area contributed by atoms with E-state index in [0.717, 1.165) is 13.2 Å². The third kappa shape index (κ3) is 7.70. The molecule has 0 aromatic rings. The van der Waals surface area contributed by atoms with Crippen LogP contribution in [0.25, 0.3) is 0 Å². The fourth-order valence-electron chi connectivity index (χ4n) is 0.588. The second-order valence-electron chi connectivity index (χ2n) is 3.43. The first-order chi connectivity index (χ1) is 4.56. The fourth-order valence-corrected chi connectivity index (χ4v) is 0.588. The molecule has 0 rings (SSSR count). The summed E-state index contributed by atoms with van der Waals surface area (Å²) in [6, 6.07) is 0. The van der Waals surface area contributed by atoms with Gasteiger partial charge in [0.2, 0.25) is 0 Å². The van der Waals surface area contributed by atoms with E-state index in [4.69, 9.17) is 4.74 Å². The van der Waals surface area contributed by atoms with Crippen LogP contribution in [0.4, 0.5) is 0 Å². The summed E-state index contributed by atoms with van der Waals surface area (Å²) in [5, 5.41) is 0. The minimum Gasteiger partial charge on any atom is -0.378 e. The van der Waals surface area contributed by atoms with Gasteiger partial charge in [0.25, 0.3) is 0 Å². The van der Waals surface area contributed by atoms with Crippen LogP contribution in [0.2, 0.25) is 0 Å². The van der Waals surface area contributed by atoms with Crippen LogP contribution in [0.3, 0.4) is 0 Å². The van der Waals surface area contributed by atoms with E-state index >= 15 is 0 Å². The lowest BCUT2D eigenvalue weighted by molar-refractivity contribution is 0.177. The van der Waals surface area contributed by atoms with Crippen molar-refractivity contribution in [2.75, 3.05) is 13.2 Å². The van der Waals surface area contributed by atoms with Crippen molar-refractivity contribution < 1.29 is 4.74 Å². The molecule has 0 bridgehead atoms. The molecule has 0 aromatic heterocycles. The zero-order valence-electron chi connectivity index (χ0n) is 7.48. The van der Waals surface area contributed by atoms with E-state index < -0.39 is 0 Å².